The Morgan fingerprint density at radius 2 is 1.11 bits per heavy atom. The minimum absolute atomic E-state index is 0. The van der Waals surface area contributed by atoms with Crippen molar-refractivity contribution in [2.45, 2.75) is 9.79 Å². The molecule has 3 N–H and O–H groups in total. The van der Waals surface area contributed by atoms with Gasteiger partial charge in [0.15, 0.2) is 0 Å². The fourth-order valence-electron chi connectivity index (χ4n) is 3.13. The van der Waals surface area contributed by atoms with E-state index >= 15 is 0 Å². The van der Waals surface area contributed by atoms with Gasteiger partial charge < -0.3 is 5.11 Å². The van der Waals surface area contributed by atoms with Gasteiger partial charge in [-0.2, -0.15) is 32.2 Å². The van der Waals surface area contributed by atoms with Gasteiger partial charge in [-0.3, -0.25) is 9.11 Å². The van der Waals surface area contributed by atoms with Crippen molar-refractivity contribution < 1.29 is 31.0 Å². The van der Waals surface area contributed by atoms with E-state index in [9.17, 15) is 31.0 Å². The molecule has 0 bridgehead atoms. The third kappa shape index (κ3) is 7.74. The third-order valence-electron chi connectivity index (χ3n) is 4.73. The maximum atomic E-state index is 12.0. The van der Waals surface area contributed by atoms with E-state index in [1.54, 1.807) is 36.4 Å². The molecule has 4 aromatic rings. The molecule has 4 rings (SSSR count). The Bertz CT molecular complexity index is 1700. The van der Waals surface area contributed by atoms with Crippen molar-refractivity contribution in [2.24, 2.45) is 20.5 Å². The summed E-state index contributed by atoms with van der Waals surface area (Å²) in [6.07, 6.45) is 0. The van der Waals surface area contributed by atoms with E-state index in [-0.39, 0.29) is 75.6 Å². The van der Waals surface area contributed by atoms with Crippen LogP contribution in [-0.2, 0) is 20.2 Å². The van der Waals surface area contributed by atoms with Crippen molar-refractivity contribution >= 4 is 113 Å². The van der Waals surface area contributed by atoms with Gasteiger partial charge in [-0.05, 0) is 60.0 Å². The fourth-order valence-corrected chi connectivity index (χ4v) is 4.49. The molecule has 0 spiro atoms. The Morgan fingerprint density at radius 3 is 1.62 bits per heavy atom. The van der Waals surface area contributed by atoms with E-state index in [4.69, 9.17) is 0 Å². The first-order valence-electron chi connectivity index (χ1n) is 9.76. The molecule has 0 saturated carbocycles. The summed E-state index contributed by atoms with van der Waals surface area (Å²) in [4.78, 5) is -1.63. The van der Waals surface area contributed by atoms with Crippen LogP contribution >= 0.6 is 0 Å². The van der Waals surface area contributed by atoms with Crippen molar-refractivity contribution in [1.82, 2.24) is 0 Å². The summed E-state index contributed by atoms with van der Waals surface area (Å²) in [6, 6.07) is 19.4. The Kier molecular flexibility index (Phi) is 10.7. The summed E-state index contributed by atoms with van der Waals surface area (Å²) in [5.41, 5.74) is 1.20. The first-order valence-corrected chi connectivity index (χ1v) is 12.6. The van der Waals surface area contributed by atoms with Crippen LogP contribution in [0.3, 0.4) is 0 Å². The zero-order valence-electron chi connectivity index (χ0n) is 17.6. The minimum atomic E-state index is -4.98. The van der Waals surface area contributed by atoms with Gasteiger partial charge in [-0.15, -0.1) is 5.11 Å². The monoisotopic (exact) mass is 560 g/mol. The fraction of sp³-hybridized carbons (Fsp3) is 0. The van der Waals surface area contributed by atoms with E-state index in [0.29, 0.717) is 23.1 Å². The molecular weight excluding hydrogens is 542 g/mol. The van der Waals surface area contributed by atoms with Crippen molar-refractivity contribution in [3.8, 4) is 5.75 Å². The van der Waals surface area contributed by atoms with Gasteiger partial charge in [0.2, 0.25) is 0 Å². The molecule has 0 heterocycles. The van der Waals surface area contributed by atoms with Crippen LogP contribution in [0.5, 0.6) is 5.75 Å². The van der Waals surface area contributed by atoms with Crippen LogP contribution in [0.1, 0.15) is 0 Å². The number of nitrogens with zero attached hydrogens (tertiary/aromatic N) is 4. The Morgan fingerprint density at radius 1 is 0.595 bits per heavy atom. The molecule has 0 aromatic heterocycles. The predicted molar refractivity (Wildman–Crippen MR) is 141 cm³/mol. The van der Waals surface area contributed by atoms with Gasteiger partial charge in [0.25, 0.3) is 20.2 Å². The maximum absolute atomic E-state index is 12.0. The second kappa shape index (κ2) is 12.7. The quantitative estimate of drug-likeness (QED) is 0.175. The van der Waals surface area contributed by atoms with Gasteiger partial charge in [0.05, 0.1) is 22.0 Å². The van der Waals surface area contributed by atoms with E-state index < -0.39 is 35.8 Å². The molecule has 4 aromatic carbocycles. The topological polar surface area (TPSA) is 178 Å². The Hall–Kier alpha value is -2.04. The van der Waals surface area contributed by atoms with Crippen molar-refractivity contribution in [2.75, 3.05) is 0 Å². The Balaban J connectivity index is 0.00000241. The van der Waals surface area contributed by atoms with Gasteiger partial charge in [0, 0.05) is 5.39 Å². The zero-order valence-corrected chi connectivity index (χ0v) is 19.2. The number of phenolic OH excluding ortho intramolecular Hbond substituents is 1. The molecule has 0 aliphatic carbocycles. The molecule has 0 unspecified atom stereocenters. The molecule has 0 radical (unpaired) electrons. The summed E-state index contributed by atoms with van der Waals surface area (Å²) < 4.78 is 66.0. The molecular formula is C22H18N4Na2O7S2. The van der Waals surface area contributed by atoms with Crippen LogP contribution in [0.15, 0.2) is 109 Å². The SMILES string of the molecule is O=S(=O)(O)c1cc(S(=O)(=O)O)c2c(/N=N/c3ccc(/N=N/c4ccccc4)cc3)c(O)ccc2c1.[NaH].[NaH]. The van der Waals surface area contributed by atoms with E-state index in [1.165, 1.54) is 6.07 Å². The van der Waals surface area contributed by atoms with E-state index in [1.807, 2.05) is 18.2 Å². The van der Waals surface area contributed by atoms with Crippen LogP contribution in [0, 0.1) is 0 Å². The van der Waals surface area contributed by atoms with E-state index in [2.05, 4.69) is 20.5 Å². The van der Waals surface area contributed by atoms with Crippen LogP contribution in [0.4, 0.5) is 22.7 Å². The standard InChI is InChI=1S/C22H16N4O7S2.2Na.2H/c27-19-11-6-14-12-18(34(28,29)30)13-20(35(31,32)33)21(14)22(19)26-25-17-9-7-16(8-10-17)24-23-15-4-2-1-3-5-15;;;;/h1-13,27H,(H,28,29,30)(H,31,32,33);;;;/b24-23+,26-25+;;;;. The number of azo groups is 2. The van der Waals surface area contributed by atoms with E-state index in [0.717, 1.165) is 12.1 Å². The van der Waals surface area contributed by atoms with Crippen molar-refractivity contribution in [1.29, 1.82) is 0 Å². The van der Waals surface area contributed by atoms with Gasteiger partial charge in [-0.1, -0.05) is 24.3 Å². The van der Waals surface area contributed by atoms with Gasteiger partial charge in [0.1, 0.15) is 16.3 Å². The summed E-state index contributed by atoms with van der Waals surface area (Å²) in [7, 11) is -9.77. The first-order chi connectivity index (χ1) is 16.5. The van der Waals surface area contributed by atoms with Crippen LogP contribution in [0.25, 0.3) is 10.8 Å². The Labute approximate surface area is 256 Å². The molecule has 11 nitrogen and oxygen atoms in total. The van der Waals surface area contributed by atoms with Crippen LogP contribution in [-0.4, -0.2) is 90.2 Å². The number of fused-ring (bicyclic) bond motifs is 1. The predicted octanol–water partition coefficient (Wildman–Crippen LogP) is 4.57. The molecule has 0 fully saturated rings. The molecule has 182 valence electrons. The van der Waals surface area contributed by atoms with Crippen molar-refractivity contribution in [3.05, 3.63) is 78.9 Å². The molecule has 0 aliphatic rings. The van der Waals surface area contributed by atoms with Crippen LogP contribution < -0.4 is 0 Å². The molecule has 0 amide bonds. The number of aromatic hydroxyl groups is 1. The molecule has 15 heteroatoms. The number of benzene rings is 4. The number of phenols is 1. The molecule has 0 saturated heterocycles. The average molecular weight is 561 g/mol. The summed E-state index contributed by atoms with van der Waals surface area (Å²) in [5, 5.41) is 26.1. The number of hydrogen-bond donors (Lipinski definition) is 3. The second-order valence-electron chi connectivity index (χ2n) is 7.15. The van der Waals surface area contributed by atoms with Gasteiger partial charge in [-0.25, -0.2) is 0 Å². The second-order valence-corrected chi connectivity index (χ2v) is 9.97. The average Bonchev–Trinajstić information content (AvgIpc) is 2.81. The summed E-state index contributed by atoms with van der Waals surface area (Å²) in [5.74, 6) is -0.473. The normalized spacial score (nSPS) is 11.9. The molecule has 0 aliphatic heterocycles. The third-order valence-corrected chi connectivity index (χ3v) is 6.44. The zero-order chi connectivity index (χ0) is 25.2. The summed E-state index contributed by atoms with van der Waals surface area (Å²) >= 11 is 0. The number of rotatable bonds is 6. The van der Waals surface area contributed by atoms with Crippen molar-refractivity contribution in [3.63, 3.8) is 0 Å². The first kappa shape index (κ1) is 31.2. The number of hydrogen-bond acceptors (Lipinski definition) is 9. The van der Waals surface area contributed by atoms with Crippen LogP contribution in [0.2, 0.25) is 0 Å². The molecule has 37 heavy (non-hydrogen) atoms. The van der Waals surface area contributed by atoms with Gasteiger partial charge >= 0.3 is 59.1 Å². The molecule has 0 atom stereocenters. The summed E-state index contributed by atoms with van der Waals surface area (Å²) in [6.45, 7) is 0.